The first-order valence-corrected chi connectivity index (χ1v) is 6.26. The molecule has 0 saturated carbocycles. The molecule has 2 heterocycles. The average Bonchev–Trinajstić information content (AvgIpc) is 2.59. The molecule has 17 heavy (non-hydrogen) atoms. The van der Waals surface area contributed by atoms with E-state index in [0.717, 1.165) is 38.4 Å². The van der Waals surface area contributed by atoms with Crippen molar-refractivity contribution in [2.24, 2.45) is 0 Å². The molecule has 0 radical (unpaired) electrons. The second-order valence-electron chi connectivity index (χ2n) is 4.14. The lowest BCUT2D eigenvalue weighted by Gasteiger charge is -2.18. The van der Waals surface area contributed by atoms with Crippen molar-refractivity contribution in [3.63, 3.8) is 0 Å². The summed E-state index contributed by atoms with van der Waals surface area (Å²) in [6.45, 7) is 7.81. The summed E-state index contributed by atoms with van der Waals surface area (Å²) in [5.74, 6) is 0. The second-order valence-corrected chi connectivity index (χ2v) is 4.14. The van der Waals surface area contributed by atoms with Gasteiger partial charge in [-0.05, 0) is 32.5 Å². The zero-order chi connectivity index (χ0) is 11.9. The van der Waals surface area contributed by atoms with Crippen LogP contribution in [-0.4, -0.2) is 47.7 Å². The van der Waals surface area contributed by atoms with Gasteiger partial charge in [0.05, 0.1) is 12.3 Å². The van der Waals surface area contributed by atoms with Gasteiger partial charge < -0.3 is 10.1 Å². The number of hydrogen-bond acceptors (Lipinski definition) is 5. The predicted molar refractivity (Wildman–Crippen MR) is 66.0 cm³/mol. The molecule has 1 aromatic heterocycles. The molecule has 5 heteroatoms. The van der Waals surface area contributed by atoms with Gasteiger partial charge in [-0.3, -0.25) is 4.90 Å². The number of aromatic nitrogens is 2. The zero-order valence-electron chi connectivity index (χ0n) is 10.4. The highest BCUT2D eigenvalue weighted by Gasteiger charge is 2.10. The molecule has 0 bridgehead atoms. The highest BCUT2D eigenvalue weighted by atomic mass is 16.5. The topological polar surface area (TPSA) is 50.3 Å². The minimum Gasteiger partial charge on any atom is -0.464 e. The van der Waals surface area contributed by atoms with Gasteiger partial charge in [-0.1, -0.05) is 0 Å². The lowest BCUT2D eigenvalue weighted by Crippen LogP contribution is -2.28. The predicted octanol–water partition coefficient (Wildman–Crippen LogP) is 0.671. The van der Waals surface area contributed by atoms with Crippen molar-refractivity contribution in [1.82, 2.24) is 20.2 Å². The highest BCUT2D eigenvalue weighted by Crippen LogP contribution is 2.07. The molecule has 0 amide bonds. The monoisotopic (exact) mass is 236 g/mol. The van der Waals surface area contributed by atoms with Crippen LogP contribution in [0.1, 0.15) is 19.0 Å². The Hall–Kier alpha value is -1.20. The van der Waals surface area contributed by atoms with Crippen molar-refractivity contribution < 1.29 is 4.74 Å². The van der Waals surface area contributed by atoms with Crippen LogP contribution in [0.25, 0.3) is 0 Å². The van der Waals surface area contributed by atoms with Gasteiger partial charge in [0.25, 0.3) is 0 Å². The summed E-state index contributed by atoms with van der Waals surface area (Å²) in [6, 6.07) is 2.44. The van der Waals surface area contributed by atoms with Crippen molar-refractivity contribution in [1.29, 1.82) is 0 Å². The molecule has 0 aliphatic carbocycles. The first kappa shape index (κ1) is 12.3. The molecule has 1 aliphatic rings. The highest BCUT2D eigenvalue weighted by molar-refractivity contribution is 5.05. The van der Waals surface area contributed by atoms with Crippen LogP contribution in [0.3, 0.4) is 0 Å². The molecular weight excluding hydrogens is 216 g/mol. The fourth-order valence-electron chi connectivity index (χ4n) is 1.95. The van der Waals surface area contributed by atoms with Crippen LogP contribution in [0.5, 0.6) is 6.01 Å². The zero-order valence-corrected chi connectivity index (χ0v) is 10.4. The van der Waals surface area contributed by atoms with Crippen molar-refractivity contribution >= 4 is 0 Å². The van der Waals surface area contributed by atoms with Crippen LogP contribution in [0.4, 0.5) is 0 Å². The summed E-state index contributed by atoms with van der Waals surface area (Å²) in [7, 11) is 0. The van der Waals surface area contributed by atoms with Gasteiger partial charge in [-0.15, -0.1) is 0 Å². The van der Waals surface area contributed by atoms with E-state index in [1.165, 1.54) is 6.42 Å². The van der Waals surface area contributed by atoms with Gasteiger partial charge in [0.2, 0.25) is 0 Å². The normalized spacial score (nSPS) is 17.7. The maximum Gasteiger partial charge on any atom is 0.316 e. The molecule has 94 valence electrons. The third-order valence-electron chi connectivity index (χ3n) is 2.78. The van der Waals surface area contributed by atoms with E-state index in [1.807, 2.05) is 13.0 Å². The first-order chi connectivity index (χ1) is 8.38. The molecule has 0 unspecified atom stereocenters. The van der Waals surface area contributed by atoms with Gasteiger partial charge in [0, 0.05) is 25.8 Å². The minimum atomic E-state index is 0.484. The molecule has 1 aliphatic heterocycles. The molecule has 0 aromatic carbocycles. The molecule has 0 atom stereocenters. The second kappa shape index (κ2) is 6.51. The number of hydrogen-bond donors (Lipinski definition) is 1. The van der Waals surface area contributed by atoms with E-state index in [-0.39, 0.29) is 0 Å². The summed E-state index contributed by atoms with van der Waals surface area (Å²) >= 11 is 0. The van der Waals surface area contributed by atoms with Gasteiger partial charge in [0.15, 0.2) is 0 Å². The smallest absolute Gasteiger partial charge is 0.316 e. The van der Waals surface area contributed by atoms with Crippen molar-refractivity contribution in [3.05, 3.63) is 18.0 Å². The van der Waals surface area contributed by atoms with E-state index in [0.29, 0.717) is 12.6 Å². The molecule has 5 nitrogen and oxygen atoms in total. The Kier molecular flexibility index (Phi) is 4.70. The van der Waals surface area contributed by atoms with Crippen LogP contribution < -0.4 is 10.1 Å². The van der Waals surface area contributed by atoms with Gasteiger partial charge >= 0.3 is 6.01 Å². The maximum absolute atomic E-state index is 5.31. The average molecular weight is 236 g/mol. The van der Waals surface area contributed by atoms with E-state index in [2.05, 4.69) is 20.2 Å². The Morgan fingerprint density at radius 3 is 3.24 bits per heavy atom. The quantitative estimate of drug-likeness (QED) is 0.832. The van der Waals surface area contributed by atoms with Crippen LogP contribution in [0.15, 0.2) is 12.3 Å². The van der Waals surface area contributed by atoms with Gasteiger partial charge in [-0.25, -0.2) is 4.98 Å². The maximum atomic E-state index is 5.31. The molecular formula is C12H20N4O. The van der Waals surface area contributed by atoms with Gasteiger partial charge in [0.1, 0.15) is 0 Å². The number of nitrogens with one attached hydrogen (secondary N) is 1. The molecule has 2 rings (SSSR count). The molecule has 0 spiro atoms. The molecule has 1 aromatic rings. The fourth-order valence-corrected chi connectivity index (χ4v) is 1.95. The third kappa shape index (κ3) is 3.94. The van der Waals surface area contributed by atoms with E-state index >= 15 is 0 Å². The van der Waals surface area contributed by atoms with Crippen molar-refractivity contribution in [3.8, 4) is 6.01 Å². The Labute approximate surface area is 102 Å². The van der Waals surface area contributed by atoms with Crippen LogP contribution in [-0.2, 0) is 6.54 Å². The number of rotatable bonds is 4. The van der Waals surface area contributed by atoms with Crippen molar-refractivity contribution in [2.75, 3.05) is 32.8 Å². The lowest BCUT2D eigenvalue weighted by atomic mass is 10.3. The summed E-state index contributed by atoms with van der Waals surface area (Å²) in [5, 5.41) is 3.40. The Balaban J connectivity index is 1.94. The first-order valence-electron chi connectivity index (χ1n) is 6.26. The SMILES string of the molecule is CCOc1nccc(CN2CCCNCC2)n1. The van der Waals surface area contributed by atoms with E-state index in [1.54, 1.807) is 6.20 Å². The van der Waals surface area contributed by atoms with Crippen LogP contribution in [0, 0.1) is 0 Å². The molecule has 1 N–H and O–H groups in total. The van der Waals surface area contributed by atoms with Crippen LogP contribution >= 0.6 is 0 Å². The van der Waals surface area contributed by atoms with Gasteiger partial charge in [-0.2, -0.15) is 4.98 Å². The third-order valence-corrected chi connectivity index (χ3v) is 2.78. The summed E-state index contributed by atoms with van der Waals surface area (Å²) in [5.41, 5.74) is 1.03. The summed E-state index contributed by atoms with van der Waals surface area (Å²) in [6.07, 6.45) is 2.97. The van der Waals surface area contributed by atoms with E-state index in [9.17, 15) is 0 Å². The fraction of sp³-hybridized carbons (Fsp3) is 0.667. The molecule has 1 saturated heterocycles. The van der Waals surface area contributed by atoms with Crippen molar-refractivity contribution in [2.45, 2.75) is 19.9 Å². The summed E-state index contributed by atoms with van der Waals surface area (Å²) < 4.78 is 5.31. The minimum absolute atomic E-state index is 0.484. The Morgan fingerprint density at radius 1 is 1.41 bits per heavy atom. The van der Waals surface area contributed by atoms with E-state index in [4.69, 9.17) is 4.74 Å². The lowest BCUT2D eigenvalue weighted by molar-refractivity contribution is 0.274. The Bertz CT molecular complexity index is 337. The van der Waals surface area contributed by atoms with Crippen LogP contribution in [0.2, 0.25) is 0 Å². The van der Waals surface area contributed by atoms with E-state index < -0.39 is 0 Å². The number of nitrogens with zero attached hydrogens (tertiary/aromatic N) is 3. The number of ether oxygens (including phenoxy) is 1. The standard InChI is InChI=1S/C12H20N4O/c1-2-17-12-14-6-4-11(15-12)10-16-8-3-5-13-7-9-16/h4,6,13H,2-3,5,7-10H2,1H3. The Morgan fingerprint density at radius 2 is 2.35 bits per heavy atom. The largest absolute Gasteiger partial charge is 0.464 e. The molecule has 1 fully saturated rings. The summed E-state index contributed by atoms with van der Waals surface area (Å²) in [4.78, 5) is 10.9.